The summed E-state index contributed by atoms with van der Waals surface area (Å²) < 4.78 is 5.46. The van der Waals surface area contributed by atoms with Crippen LogP contribution in [0.15, 0.2) is 54.6 Å². The van der Waals surface area contributed by atoms with Gasteiger partial charge in [0.1, 0.15) is 12.4 Å². The largest absolute Gasteiger partial charge is 0.492 e. The molecule has 0 aromatic heterocycles. The molecule has 2 amide bonds. The molecular weight excluding hydrogens is 292 g/mol. The van der Waals surface area contributed by atoms with Crippen molar-refractivity contribution >= 4 is 11.8 Å². The first-order chi connectivity index (χ1) is 11.2. The van der Waals surface area contributed by atoms with Gasteiger partial charge >= 0.3 is 0 Å². The first-order valence-corrected chi connectivity index (χ1v) is 7.45. The third kappa shape index (κ3) is 5.47. The van der Waals surface area contributed by atoms with Crippen LogP contribution in [0.5, 0.6) is 5.75 Å². The fourth-order valence-corrected chi connectivity index (χ4v) is 2.02. The van der Waals surface area contributed by atoms with Crippen LogP contribution in [0.2, 0.25) is 0 Å². The third-order valence-corrected chi connectivity index (χ3v) is 3.24. The van der Waals surface area contributed by atoms with Crippen LogP contribution in [0.4, 0.5) is 0 Å². The second-order valence-corrected chi connectivity index (χ2v) is 5.01. The monoisotopic (exact) mass is 312 g/mol. The van der Waals surface area contributed by atoms with Crippen LogP contribution in [0.3, 0.4) is 0 Å². The normalized spacial score (nSPS) is 9.96. The second-order valence-electron chi connectivity index (χ2n) is 5.01. The van der Waals surface area contributed by atoms with Crippen molar-refractivity contribution in [3.05, 3.63) is 65.7 Å². The van der Waals surface area contributed by atoms with E-state index in [0.29, 0.717) is 18.7 Å². The Morgan fingerprint density at radius 1 is 0.957 bits per heavy atom. The van der Waals surface area contributed by atoms with E-state index in [1.165, 1.54) is 0 Å². The fourth-order valence-electron chi connectivity index (χ4n) is 2.02. The smallest absolute Gasteiger partial charge is 0.251 e. The van der Waals surface area contributed by atoms with Gasteiger partial charge in [0.25, 0.3) is 5.91 Å². The molecule has 2 N–H and O–H groups in total. The van der Waals surface area contributed by atoms with Gasteiger partial charge in [-0.3, -0.25) is 9.59 Å². The van der Waals surface area contributed by atoms with Gasteiger partial charge in [0.05, 0.1) is 13.1 Å². The number of hydrogen-bond donors (Lipinski definition) is 2. The van der Waals surface area contributed by atoms with Crippen LogP contribution in [-0.2, 0) is 4.79 Å². The summed E-state index contributed by atoms with van der Waals surface area (Å²) in [6.07, 6.45) is 0. The summed E-state index contributed by atoms with van der Waals surface area (Å²) >= 11 is 0. The molecule has 0 saturated heterocycles. The van der Waals surface area contributed by atoms with E-state index in [4.69, 9.17) is 4.74 Å². The molecular formula is C18H20N2O3. The van der Waals surface area contributed by atoms with Gasteiger partial charge in [0.2, 0.25) is 5.91 Å². The highest BCUT2D eigenvalue weighted by Crippen LogP contribution is 2.07. The first kappa shape index (κ1) is 16.5. The molecule has 0 bridgehead atoms. The van der Waals surface area contributed by atoms with Crippen LogP contribution in [0, 0.1) is 6.92 Å². The molecule has 0 aliphatic heterocycles. The van der Waals surface area contributed by atoms with Crippen molar-refractivity contribution in [2.45, 2.75) is 6.92 Å². The molecule has 5 nitrogen and oxygen atoms in total. The van der Waals surface area contributed by atoms with Crippen LogP contribution in [0.1, 0.15) is 15.9 Å². The SMILES string of the molecule is Cc1ccccc1C(=O)NCC(=O)NCCOc1ccccc1. The van der Waals surface area contributed by atoms with Crippen molar-refractivity contribution in [1.82, 2.24) is 10.6 Å². The molecule has 0 fully saturated rings. The number of benzene rings is 2. The van der Waals surface area contributed by atoms with Crippen LogP contribution in [-0.4, -0.2) is 31.5 Å². The summed E-state index contributed by atoms with van der Waals surface area (Å²) in [5, 5.41) is 5.30. The summed E-state index contributed by atoms with van der Waals surface area (Å²) in [6.45, 7) is 2.56. The van der Waals surface area contributed by atoms with Crippen LogP contribution < -0.4 is 15.4 Å². The van der Waals surface area contributed by atoms with Gasteiger partial charge in [0.15, 0.2) is 0 Å². The Morgan fingerprint density at radius 2 is 1.65 bits per heavy atom. The van der Waals surface area contributed by atoms with Gasteiger partial charge in [0, 0.05) is 5.56 Å². The van der Waals surface area contributed by atoms with E-state index in [-0.39, 0.29) is 18.4 Å². The zero-order valence-electron chi connectivity index (χ0n) is 13.0. The fraction of sp³-hybridized carbons (Fsp3) is 0.222. The van der Waals surface area contributed by atoms with E-state index in [1.807, 2.05) is 49.4 Å². The zero-order chi connectivity index (χ0) is 16.5. The lowest BCUT2D eigenvalue weighted by molar-refractivity contribution is -0.120. The molecule has 0 unspecified atom stereocenters. The predicted octanol–water partition coefficient (Wildman–Crippen LogP) is 1.92. The second kappa shape index (κ2) is 8.58. The highest BCUT2D eigenvalue weighted by Gasteiger charge is 2.09. The number of hydrogen-bond acceptors (Lipinski definition) is 3. The van der Waals surface area contributed by atoms with Crippen LogP contribution >= 0.6 is 0 Å². The Morgan fingerprint density at radius 3 is 2.39 bits per heavy atom. The zero-order valence-corrected chi connectivity index (χ0v) is 13.0. The Bertz CT molecular complexity index is 656. The average molecular weight is 312 g/mol. The summed E-state index contributed by atoms with van der Waals surface area (Å²) in [6, 6.07) is 16.6. The Kier molecular flexibility index (Phi) is 6.17. The summed E-state index contributed by atoms with van der Waals surface area (Å²) in [7, 11) is 0. The van der Waals surface area contributed by atoms with Gasteiger partial charge in [-0.15, -0.1) is 0 Å². The number of carbonyl (C=O) groups is 2. The number of nitrogens with one attached hydrogen (secondary N) is 2. The number of para-hydroxylation sites is 1. The average Bonchev–Trinajstić information content (AvgIpc) is 2.58. The van der Waals surface area contributed by atoms with E-state index in [9.17, 15) is 9.59 Å². The van der Waals surface area contributed by atoms with Gasteiger partial charge in [-0.1, -0.05) is 36.4 Å². The highest BCUT2D eigenvalue weighted by molar-refractivity contribution is 5.97. The maximum atomic E-state index is 12.0. The molecule has 0 saturated carbocycles. The van der Waals surface area contributed by atoms with E-state index >= 15 is 0 Å². The van der Waals surface area contributed by atoms with Gasteiger partial charge in [-0.25, -0.2) is 0 Å². The van der Waals surface area contributed by atoms with Crippen molar-refractivity contribution < 1.29 is 14.3 Å². The van der Waals surface area contributed by atoms with E-state index < -0.39 is 0 Å². The Hall–Kier alpha value is -2.82. The lowest BCUT2D eigenvalue weighted by atomic mass is 10.1. The highest BCUT2D eigenvalue weighted by atomic mass is 16.5. The molecule has 0 heterocycles. The predicted molar refractivity (Wildman–Crippen MR) is 88.5 cm³/mol. The van der Waals surface area contributed by atoms with Crippen molar-refractivity contribution in [1.29, 1.82) is 0 Å². The van der Waals surface area contributed by atoms with Gasteiger partial charge < -0.3 is 15.4 Å². The molecule has 120 valence electrons. The summed E-state index contributed by atoms with van der Waals surface area (Å²) in [5.41, 5.74) is 1.45. The summed E-state index contributed by atoms with van der Waals surface area (Å²) in [4.78, 5) is 23.7. The molecule has 5 heteroatoms. The minimum Gasteiger partial charge on any atom is -0.492 e. The number of rotatable bonds is 7. The molecule has 0 aliphatic carbocycles. The van der Waals surface area contributed by atoms with Crippen molar-refractivity contribution in [3.63, 3.8) is 0 Å². The first-order valence-electron chi connectivity index (χ1n) is 7.45. The molecule has 2 aromatic carbocycles. The molecule has 2 rings (SSSR count). The van der Waals surface area contributed by atoms with Gasteiger partial charge in [-0.2, -0.15) is 0 Å². The lowest BCUT2D eigenvalue weighted by Crippen LogP contribution is -2.38. The lowest BCUT2D eigenvalue weighted by Gasteiger charge is -2.09. The minimum atomic E-state index is -0.251. The van der Waals surface area contributed by atoms with Crippen LogP contribution in [0.25, 0.3) is 0 Å². The molecule has 0 atom stereocenters. The molecule has 0 spiro atoms. The Balaban J connectivity index is 1.65. The molecule has 2 aromatic rings. The quantitative estimate of drug-likeness (QED) is 0.768. The number of ether oxygens (including phenoxy) is 1. The van der Waals surface area contributed by atoms with Crippen molar-refractivity contribution in [2.24, 2.45) is 0 Å². The standard InChI is InChI=1S/C18H20N2O3/c1-14-7-5-6-10-16(14)18(22)20-13-17(21)19-11-12-23-15-8-3-2-4-9-15/h2-10H,11-13H2,1H3,(H,19,21)(H,20,22). The maximum Gasteiger partial charge on any atom is 0.251 e. The number of carbonyl (C=O) groups excluding carboxylic acids is 2. The number of aryl methyl sites for hydroxylation is 1. The molecule has 0 aliphatic rings. The summed E-state index contributed by atoms with van der Waals surface area (Å²) in [5.74, 6) is 0.261. The third-order valence-electron chi connectivity index (χ3n) is 3.24. The van der Waals surface area contributed by atoms with Crippen molar-refractivity contribution in [3.8, 4) is 5.75 Å². The van der Waals surface area contributed by atoms with E-state index in [2.05, 4.69) is 10.6 Å². The van der Waals surface area contributed by atoms with E-state index in [1.54, 1.807) is 12.1 Å². The maximum absolute atomic E-state index is 12.0. The molecule has 0 radical (unpaired) electrons. The Labute approximate surface area is 135 Å². The van der Waals surface area contributed by atoms with E-state index in [0.717, 1.165) is 11.3 Å². The topological polar surface area (TPSA) is 67.4 Å². The van der Waals surface area contributed by atoms with Gasteiger partial charge in [-0.05, 0) is 30.7 Å². The van der Waals surface area contributed by atoms with Crippen molar-refractivity contribution in [2.75, 3.05) is 19.7 Å². The minimum absolute atomic E-state index is 0.0570. The number of amides is 2. The molecule has 23 heavy (non-hydrogen) atoms.